The maximum absolute atomic E-state index is 12.4. The molecule has 1 aromatic heterocycles. The summed E-state index contributed by atoms with van der Waals surface area (Å²) in [5, 5.41) is 0. The predicted molar refractivity (Wildman–Crippen MR) is 87.1 cm³/mol. The number of nitrogens with zero attached hydrogens (tertiary/aromatic N) is 1. The Hall–Kier alpha value is -3.04. The van der Waals surface area contributed by atoms with Gasteiger partial charge in [0.2, 0.25) is 0 Å². The van der Waals surface area contributed by atoms with E-state index in [1.54, 1.807) is 12.1 Å². The number of rotatable bonds is 7. The SMILES string of the molecule is O=C(/C=C/c1cccnc1)c1cc(OCC(F)(F)F)ccc1OCC(F)(F)F. The maximum Gasteiger partial charge on any atom is 0.422 e. The van der Waals surface area contributed by atoms with Gasteiger partial charge in [0.15, 0.2) is 19.0 Å². The highest BCUT2D eigenvalue weighted by Gasteiger charge is 2.30. The summed E-state index contributed by atoms with van der Waals surface area (Å²) in [5.41, 5.74) is 0.169. The van der Waals surface area contributed by atoms with Crippen molar-refractivity contribution in [2.45, 2.75) is 12.4 Å². The molecule has 28 heavy (non-hydrogen) atoms. The lowest BCUT2D eigenvalue weighted by molar-refractivity contribution is -0.154. The second-order valence-corrected chi connectivity index (χ2v) is 5.45. The van der Waals surface area contributed by atoms with E-state index < -0.39 is 37.1 Å². The number of ether oxygens (including phenoxy) is 2. The highest BCUT2D eigenvalue weighted by atomic mass is 19.4. The van der Waals surface area contributed by atoms with Crippen LogP contribution in [0.1, 0.15) is 15.9 Å². The van der Waals surface area contributed by atoms with Crippen LogP contribution >= 0.6 is 0 Å². The van der Waals surface area contributed by atoms with Crippen molar-refractivity contribution >= 4 is 11.9 Å². The molecule has 0 fully saturated rings. The quantitative estimate of drug-likeness (QED) is 0.375. The summed E-state index contributed by atoms with van der Waals surface area (Å²) >= 11 is 0. The van der Waals surface area contributed by atoms with Crippen LogP contribution < -0.4 is 9.47 Å². The van der Waals surface area contributed by atoms with Crippen LogP contribution in [0.5, 0.6) is 11.5 Å². The monoisotopic (exact) mass is 405 g/mol. The lowest BCUT2D eigenvalue weighted by atomic mass is 10.1. The van der Waals surface area contributed by atoms with Crippen LogP contribution in [-0.4, -0.2) is 36.3 Å². The van der Waals surface area contributed by atoms with Crippen LogP contribution in [0.25, 0.3) is 6.08 Å². The topological polar surface area (TPSA) is 48.4 Å². The van der Waals surface area contributed by atoms with Gasteiger partial charge in [0, 0.05) is 12.4 Å². The molecule has 0 aliphatic rings. The van der Waals surface area contributed by atoms with E-state index in [1.807, 2.05) is 0 Å². The molecule has 150 valence electrons. The van der Waals surface area contributed by atoms with Gasteiger partial charge in [-0.3, -0.25) is 9.78 Å². The van der Waals surface area contributed by atoms with E-state index in [4.69, 9.17) is 0 Å². The molecule has 10 heteroatoms. The molecule has 0 atom stereocenters. The van der Waals surface area contributed by atoms with Crippen LogP contribution in [-0.2, 0) is 0 Å². The molecule has 2 aromatic rings. The van der Waals surface area contributed by atoms with Crippen molar-refractivity contribution in [2.24, 2.45) is 0 Å². The van der Waals surface area contributed by atoms with Crippen molar-refractivity contribution < 1.29 is 40.6 Å². The number of alkyl halides is 6. The van der Waals surface area contributed by atoms with Crippen molar-refractivity contribution in [1.29, 1.82) is 0 Å². The molecule has 0 aliphatic carbocycles. The van der Waals surface area contributed by atoms with Gasteiger partial charge in [-0.25, -0.2) is 0 Å². The smallest absolute Gasteiger partial charge is 0.422 e. The Morgan fingerprint density at radius 3 is 2.29 bits per heavy atom. The minimum Gasteiger partial charge on any atom is -0.484 e. The third-order valence-corrected chi connectivity index (χ3v) is 3.12. The molecule has 0 aliphatic heterocycles. The minimum absolute atomic E-state index is 0.338. The van der Waals surface area contributed by atoms with Gasteiger partial charge in [0.25, 0.3) is 0 Å². The molecular formula is C18H13F6NO3. The molecule has 0 saturated heterocycles. The summed E-state index contributed by atoms with van der Waals surface area (Å²) in [7, 11) is 0. The van der Waals surface area contributed by atoms with Gasteiger partial charge in [0.1, 0.15) is 11.5 Å². The Bertz CT molecular complexity index is 831. The number of pyridine rings is 1. The van der Waals surface area contributed by atoms with E-state index in [0.29, 0.717) is 5.56 Å². The molecular weight excluding hydrogens is 392 g/mol. The Morgan fingerprint density at radius 2 is 1.68 bits per heavy atom. The van der Waals surface area contributed by atoms with Gasteiger partial charge in [-0.15, -0.1) is 0 Å². The number of aromatic nitrogens is 1. The Balaban J connectivity index is 2.27. The first kappa shape index (κ1) is 21.3. The normalized spacial score (nSPS) is 12.2. The molecule has 2 rings (SSSR count). The van der Waals surface area contributed by atoms with E-state index in [0.717, 1.165) is 24.3 Å². The fourth-order valence-corrected chi connectivity index (χ4v) is 1.98. The van der Waals surface area contributed by atoms with Crippen LogP contribution in [0.4, 0.5) is 26.3 Å². The Morgan fingerprint density at radius 1 is 1.00 bits per heavy atom. The number of hydrogen-bond acceptors (Lipinski definition) is 4. The number of hydrogen-bond donors (Lipinski definition) is 0. The first-order chi connectivity index (χ1) is 13.0. The van der Waals surface area contributed by atoms with E-state index in [2.05, 4.69) is 14.5 Å². The third-order valence-electron chi connectivity index (χ3n) is 3.12. The second kappa shape index (κ2) is 8.77. The molecule has 0 spiro atoms. The first-order valence-corrected chi connectivity index (χ1v) is 7.69. The van der Waals surface area contributed by atoms with E-state index in [-0.39, 0.29) is 11.3 Å². The number of ketones is 1. The summed E-state index contributed by atoms with van der Waals surface area (Å²) in [6, 6.07) is 6.06. The lowest BCUT2D eigenvalue weighted by Crippen LogP contribution is -2.21. The number of carbonyl (C=O) groups is 1. The van der Waals surface area contributed by atoms with Crippen LogP contribution in [0, 0.1) is 0 Å². The van der Waals surface area contributed by atoms with Gasteiger partial charge in [0.05, 0.1) is 5.56 Å². The van der Waals surface area contributed by atoms with Crippen molar-refractivity contribution in [3.05, 3.63) is 59.9 Å². The number of allylic oxidation sites excluding steroid dienone is 1. The zero-order valence-corrected chi connectivity index (χ0v) is 14.1. The highest BCUT2D eigenvalue weighted by molar-refractivity contribution is 6.08. The average Bonchev–Trinajstić information content (AvgIpc) is 2.62. The van der Waals surface area contributed by atoms with Crippen molar-refractivity contribution in [3.63, 3.8) is 0 Å². The van der Waals surface area contributed by atoms with Crippen molar-refractivity contribution in [1.82, 2.24) is 4.98 Å². The molecule has 1 aromatic carbocycles. The fraction of sp³-hybridized carbons (Fsp3) is 0.222. The number of benzene rings is 1. The van der Waals surface area contributed by atoms with E-state index >= 15 is 0 Å². The lowest BCUT2D eigenvalue weighted by Gasteiger charge is -2.14. The summed E-state index contributed by atoms with van der Waals surface area (Å²) in [6.45, 7) is -3.28. The predicted octanol–water partition coefficient (Wildman–Crippen LogP) is 4.86. The van der Waals surface area contributed by atoms with E-state index in [9.17, 15) is 31.1 Å². The van der Waals surface area contributed by atoms with Crippen molar-refractivity contribution in [2.75, 3.05) is 13.2 Å². The highest BCUT2D eigenvalue weighted by Crippen LogP contribution is 2.28. The van der Waals surface area contributed by atoms with E-state index in [1.165, 1.54) is 18.5 Å². The third kappa shape index (κ3) is 7.29. The van der Waals surface area contributed by atoms with Gasteiger partial charge in [-0.05, 0) is 42.0 Å². The second-order valence-electron chi connectivity index (χ2n) is 5.45. The van der Waals surface area contributed by atoms with Gasteiger partial charge < -0.3 is 9.47 Å². The van der Waals surface area contributed by atoms with Crippen LogP contribution in [0.3, 0.4) is 0 Å². The largest absolute Gasteiger partial charge is 0.484 e. The summed E-state index contributed by atoms with van der Waals surface area (Å²) in [6.07, 6.45) is -3.93. The molecule has 0 N–H and O–H groups in total. The molecule has 0 unspecified atom stereocenters. The van der Waals surface area contributed by atoms with Gasteiger partial charge in [-0.2, -0.15) is 26.3 Å². The summed E-state index contributed by atoms with van der Waals surface area (Å²) < 4.78 is 83.2. The molecule has 4 nitrogen and oxygen atoms in total. The van der Waals surface area contributed by atoms with Crippen molar-refractivity contribution in [3.8, 4) is 11.5 Å². The van der Waals surface area contributed by atoms with Gasteiger partial charge in [-0.1, -0.05) is 6.07 Å². The number of carbonyl (C=O) groups excluding carboxylic acids is 1. The van der Waals surface area contributed by atoms with Gasteiger partial charge >= 0.3 is 12.4 Å². The Kier molecular flexibility index (Phi) is 6.66. The zero-order chi connectivity index (χ0) is 20.8. The van der Waals surface area contributed by atoms with Crippen LogP contribution in [0.15, 0.2) is 48.8 Å². The first-order valence-electron chi connectivity index (χ1n) is 7.69. The standard InChI is InChI=1S/C18H13F6NO3/c19-17(20,21)10-27-13-4-6-16(28-11-18(22,23)24)14(8-13)15(26)5-3-12-2-1-7-25-9-12/h1-9H,10-11H2/b5-3+. The summed E-state index contributed by atoms with van der Waals surface area (Å²) in [4.78, 5) is 16.2. The molecule has 1 heterocycles. The van der Waals surface area contributed by atoms with Crippen LogP contribution in [0.2, 0.25) is 0 Å². The maximum atomic E-state index is 12.4. The molecule has 0 radical (unpaired) electrons. The molecule has 0 amide bonds. The summed E-state index contributed by atoms with van der Waals surface area (Å²) in [5.74, 6) is -1.55. The minimum atomic E-state index is -4.66. The molecule has 0 bridgehead atoms. The average molecular weight is 405 g/mol. The molecule has 0 saturated carbocycles. The fourth-order valence-electron chi connectivity index (χ4n) is 1.98. The Labute approximate surface area is 155 Å². The number of halogens is 6. The zero-order valence-electron chi connectivity index (χ0n) is 14.1.